The maximum absolute atomic E-state index is 12.4. The minimum atomic E-state index is -3.47. The number of nitrogens with zero attached hydrogens (tertiary/aromatic N) is 1. The van der Waals surface area contributed by atoms with Gasteiger partial charge in [-0.05, 0) is 32.0 Å². The molecule has 0 saturated carbocycles. The summed E-state index contributed by atoms with van der Waals surface area (Å²) in [6.07, 6.45) is -0.0547. The van der Waals surface area contributed by atoms with Gasteiger partial charge in [0.1, 0.15) is 5.75 Å². The number of amides is 1. The van der Waals surface area contributed by atoms with Gasteiger partial charge in [-0.2, -0.15) is 0 Å². The first-order valence-corrected chi connectivity index (χ1v) is 10.0. The van der Waals surface area contributed by atoms with Crippen molar-refractivity contribution in [3.63, 3.8) is 0 Å². The maximum Gasteiger partial charge on any atom is 0.223 e. The number of sulfone groups is 1. The fraction of sp³-hybridized carbons (Fsp3) is 0.350. The first-order chi connectivity index (χ1) is 12.2. The van der Waals surface area contributed by atoms with Crippen molar-refractivity contribution in [1.82, 2.24) is 4.90 Å². The molecule has 0 aromatic heterocycles. The molecular formula is C20H25NO4S. The summed E-state index contributed by atoms with van der Waals surface area (Å²) in [6, 6.07) is 12.4. The summed E-state index contributed by atoms with van der Waals surface area (Å²) >= 11 is 0. The van der Waals surface area contributed by atoms with Gasteiger partial charge in [0.15, 0.2) is 9.84 Å². The van der Waals surface area contributed by atoms with Gasteiger partial charge >= 0.3 is 0 Å². The summed E-state index contributed by atoms with van der Waals surface area (Å²) in [5, 5.41) is 0. The topological polar surface area (TPSA) is 63.7 Å². The van der Waals surface area contributed by atoms with Crippen molar-refractivity contribution in [2.24, 2.45) is 0 Å². The van der Waals surface area contributed by atoms with Crippen LogP contribution in [-0.2, 0) is 21.2 Å². The summed E-state index contributed by atoms with van der Waals surface area (Å²) in [5.74, 6) is 0.288. The van der Waals surface area contributed by atoms with Crippen molar-refractivity contribution < 1.29 is 17.9 Å². The Labute approximate surface area is 155 Å². The van der Waals surface area contributed by atoms with Gasteiger partial charge < -0.3 is 9.64 Å². The number of aryl methyl sites for hydroxylation is 2. The van der Waals surface area contributed by atoms with Crippen molar-refractivity contribution in [3.8, 4) is 5.75 Å². The molecule has 2 aromatic carbocycles. The summed E-state index contributed by atoms with van der Waals surface area (Å²) < 4.78 is 30.1. The zero-order chi connectivity index (χ0) is 19.3. The molecule has 0 N–H and O–H groups in total. The van der Waals surface area contributed by atoms with Gasteiger partial charge in [0.25, 0.3) is 0 Å². The van der Waals surface area contributed by atoms with Gasteiger partial charge in [-0.3, -0.25) is 4.79 Å². The number of hydrogen-bond donors (Lipinski definition) is 0. The minimum absolute atomic E-state index is 0.0547. The number of methoxy groups -OCH3 is 1. The average Bonchev–Trinajstić information content (AvgIpc) is 2.60. The van der Waals surface area contributed by atoms with E-state index in [1.807, 2.05) is 32.0 Å². The molecular weight excluding hydrogens is 350 g/mol. The molecule has 0 aliphatic carbocycles. The second kappa shape index (κ2) is 8.36. The second-order valence-corrected chi connectivity index (χ2v) is 8.56. The maximum atomic E-state index is 12.4. The number of carbonyl (C=O) groups excluding carboxylic acids is 1. The number of hydrogen-bond acceptors (Lipinski definition) is 4. The van der Waals surface area contributed by atoms with Crippen LogP contribution in [0.1, 0.15) is 23.1 Å². The molecule has 0 fully saturated rings. The molecule has 140 valence electrons. The smallest absolute Gasteiger partial charge is 0.223 e. The van der Waals surface area contributed by atoms with Crippen molar-refractivity contribution in [2.75, 3.05) is 19.9 Å². The molecule has 0 aliphatic rings. The van der Waals surface area contributed by atoms with E-state index in [2.05, 4.69) is 0 Å². The quantitative estimate of drug-likeness (QED) is 0.746. The third kappa shape index (κ3) is 5.08. The zero-order valence-corrected chi connectivity index (χ0v) is 16.5. The fourth-order valence-electron chi connectivity index (χ4n) is 2.65. The summed E-state index contributed by atoms with van der Waals surface area (Å²) in [5.41, 5.74) is 2.96. The predicted octanol–water partition coefficient (Wildman–Crippen LogP) is 3.13. The molecule has 0 unspecified atom stereocenters. The van der Waals surface area contributed by atoms with Crippen LogP contribution >= 0.6 is 0 Å². The molecule has 1 amide bonds. The molecule has 0 saturated heterocycles. The van der Waals surface area contributed by atoms with Gasteiger partial charge in [0.05, 0.1) is 17.8 Å². The van der Waals surface area contributed by atoms with Crippen LogP contribution in [0.5, 0.6) is 5.75 Å². The highest BCUT2D eigenvalue weighted by Gasteiger charge is 2.19. The summed E-state index contributed by atoms with van der Waals surface area (Å²) in [4.78, 5) is 14.2. The van der Waals surface area contributed by atoms with Crippen LogP contribution in [0.25, 0.3) is 0 Å². The Bertz CT molecular complexity index is 873. The van der Waals surface area contributed by atoms with Crippen LogP contribution in [0, 0.1) is 13.8 Å². The number of ether oxygens (including phenoxy) is 1. The highest BCUT2D eigenvalue weighted by Crippen LogP contribution is 2.21. The lowest BCUT2D eigenvalue weighted by molar-refractivity contribution is -0.130. The summed E-state index contributed by atoms with van der Waals surface area (Å²) in [6.45, 7) is 4.24. The third-order valence-electron chi connectivity index (χ3n) is 4.23. The number of rotatable bonds is 7. The van der Waals surface area contributed by atoms with Gasteiger partial charge in [-0.25, -0.2) is 8.42 Å². The average molecular weight is 375 g/mol. The Hall–Kier alpha value is -2.34. The lowest BCUT2D eigenvalue weighted by atomic mass is 10.1. The van der Waals surface area contributed by atoms with E-state index in [4.69, 9.17) is 4.74 Å². The molecule has 26 heavy (non-hydrogen) atoms. The molecule has 6 heteroatoms. The van der Waals surface area contributed by atoms with E-state index in [1.54, 1.807) is 38.4 Å². The highest BCUT2D eigenvalue weighted by atomic mass is 32.2. The van der Waals surface area contributed by atoms with Crippen molar-refractivity contribution in [1.29, 1.82) is 0 Å². The molecule has 0 heterocycles. The Balaban J connectivity index is 2.01. The molecule has 2 rings (SSSR count). The summed E-state index contributed by atoms with van der Waals surface area (Å²) in [7, 11) is -0.214. The van der Waals surface area contributed by atoms with Crippen LogP contribution < -0.4 is 4.74 Å². The van der Waals surface area contributed by atoms with Crippen LogP contribution in [0.3, 0.4) is 0 Å². The Morgan fingerprint density at radius 3 is 2.27 bits per heavy atom. The lowest BCUT2D eigenvalue weighted by Gasteiger charge is -2.19. The van der Waals surface area contributed by atoms with Gasteiger partial charge in [0.2, 0.25) is 5.91 Å². The molecule has 0 aliphatic heterocycles. The van der Waals surface area contributed by atoms with E-state index in [9.17, 15) is 13.2 Å². The minimum Gasteiger partial charge on any atom is -0.496 e. The molecule has 0 atom stereocenters. The Morgan fingerprint density at radius 2 is 1.65 bits per heavy atom. The molecule has 5 nitrogen and oxygen atoms in total. The Morgan fingerprint density at radius 1 is 1.04 bits per heavy atom. The molecule has 2 aromatic rings. The fourth-order valence-corrected chi connectivity index (χ4v) is 3.88. The third-order valence-corrected chi connectivity index (χ3v) is 5.97. The predicted molar refractivity (Wildman–Crippen MR) is 102 cm³/mol. The van der Waals surface area contributed by atoms with E-state index in [0.29, 0.717) is 12.3 Å². The molecule has 0 spiro atoms. The zero-order valence-electron chi connectivity index (χ0n) is 15.7. The van der Waals surface area contributed by atoms with Crippen molar-refractivity contribution in [3.05, 3.63) is 59.2 Å². The first-order valence-electron chi connectivity index (χ1n) is 8.40. The second-order valence-electron chi connectivity index (χ2n) is 6.45. The van der Waals surface area contributed by atoms with Crippen LogP contribution in [-0.4, -0.2) is 39.1 Å². The number of carbonyl (C=O) groups is 1. The molecule has 0 bridgehead atoms. The van der Waals surface area contributed by atoms with Crippen LogP contribution in [0.15, 0.2) is 47.4 Å². The monoisotopic (exact) mass is 375 g/mol. The van der Waals surface area contributed by atoms with Crippen LogP contribution in [0.4, 0.5) is 0 Å². The lowest BCUT2D eigenvalue weighted by Crippen LogP contribution is -2.28. The van der Waals surface area contributed by atoms with Gasteiger partial charge in [-0.1, -0.05) is 35.4 Å². The van der Waals surface area contributed by atoms with E-state index < -0.39 is 9.84 Å². The first kappa shape index (κ1) is 20.0. The largest absolute Gasteiger partial charge is 0.496 e. The van der Waals surface area contributed by atoms with Crippen molar-refractivity contribution in [2.45, 2.75) is 31.7 Å². The van der Waals surface area contributed by atoms with E-state index in [0.717, 1.165) is 16.7 Å². The Kier molecular flexibility index (Phi) is 6.42. The van der Waals surface area contributed by atoms with Crippen LogP contribution in [0.2, 0.25) is 0 Å². The molecule has 0 radical (unpaired) electrons. The number of benzene rings is 2. The standard InChI is InChI=1S/C20H25NO4S/c1-15-5-8-18(9-6-15)26(23,24)12-11-20(22)21(3)14-17-13-16(2)7-10-19(17)25-4/h5-10,13H,11-12,14H2,1-4H3. The van der Waals surface area contributed by atoms with Crippen molar-refractivity contribution >= 4 is 15.7 Å². The SMILES string of the molecule is COc1ccc(C)cc1CN(C)C(=O)CCS(=O)(=O)c1ccc(C)cc1. The van der Waals surface area contributed by atoms with E-state index >= 15 is 0 Å². The van der Waals surface area contributed by atoms with E-state index in [-0.39, 0.29) is 23.0 Å². The van der Waals surface area contributed by atoms with Gasteiger partial charge in [0, 0.05) is 25.6 Å². The van der Waals surface area contributed by atoms with Gasteiger partial charge in [-0.15, -0.1) is 0 Å². The normalized spacial score (nSPS) is 11.2. The highest BCUT2D eigenvalue weighted by molar-refractivity contribution is 7.91. The van der Waals surface area contributed by atoms with E-state index in [1.165, 1.54) is 4.90 Å².